The number of carboxylic acids is 1. The minimum atomic E-state index is -0.779. The van der Waals surface area contributed by atoms with E-state index >= 15 is 0 Å². The number of ether oxygens (including phenoxy) is 1. The molecule has 2 fully saturated rings. The van der Waals surface area contributed by atoms with Crippen LogP contribution in [0.3, 0.4) is 0 Å². The maximum absolute atomic E-state index is 11.8. The molecule has 0 aromatic carbocycles. The van der Waals surface area contributed by atoms with Gasteiger partial charge in [-0.15, -0.1) is 0 Å². The average Bonchev–Trinajstić information content (AvgIpc) is 2.88. The predicted octanol–water partition coefficient (Wildman–Crippen LogP) is 1.71. The zero-order chi connectivity index (χ0) is 13.7. The van der Waals surface area contributed by atoms with E-state index in [4.69, 9.17) is 4.74 Å². The molecule has 1 heterocycles. The first kappa shape index (κ1) is 14.3. The fraction of sp³-hybridized carbons (Fsp3) is 0.857. The van der Waals surface area contributed by atoms with E-state index in [9.17, 15) is 14.7 Å². The van der Waals surface area contributed by atoms with Crippen molar-refractivity contribution in [3.8, 4) is 0 Å². The van der Waals surface area contributed by atoms with Gasteiger partial charge in [-0.2, -0.15) is 0 Å². The van der Waals surface area contributed by atoms with E-state index in [1.165, 1.54) is 0 Å². The van der Waals surface area contributed by atoms with Crippen LogP contribution in [0, 0.1) is 5.41 Å². The summed E-state index contributed by atoms with van der Waals surface area (Å²) in [5.41, 5.74) is -0.733. The summed E-state index contributed by atoms with van der Waals surface area (Å²) in [6, 6.07) is 0. The van der Waals surface area contributed by atoms with Gasteiger partial charge in [0.1, 0.15) is 0 Å². The Morgan fingerprint density at radius 1 is 1.21 bits per heavy atom. The van der Waals surface area contributed by atoms with Crippen molar-refractivity contribution in [2.24, 2.45) is 5.41 Å². The Morgan fingerprint density at radius 3 is 2.53 bits per heavy atom. The lowest BCUT2D eigenvalue weighted by atomic mass is 9.86. The SMILES string of the molecule is O=C(CC1CCCCO1)NCC1(C(=O)O)CCCC1. The van der Waals surface area contributed by atoms with Crippen LogP contribution in [0.5, 0.6) is 0 Å². The van der Waals surface area contributed by atoms with Gasteiger partial charge in [-0.3, -0.25) is 9.59 Å². The molecule has 1 aliphatic heterocycles. The molecule has 5 nitrogen and oxygen atoms in total. The Kier molecular flexibility index (Phi) is 4.80. The number of carbonyl (C=O) groups excluding carboxylic acids is 1. The lowest BCUT2D eigenvalue weighted by Crippen LogP contribution is -2.42. The van der Waals surface area contributed by atoms with Gasteiger partial charge in [-0.25, -0.2) is 0 Å². The zero-order valence-corrected chi connectivity index (χ0v) is 11.3. The summed E-state index contributed by atoms with van der Waals surface area (Å²) in [5, 5.41) is 12.1. The molecule has 0 aromatic heterocycles. The molecule has 1 atom stereocenters. The molecule has 1 saturated carbocycles. The van der Waals surface area contributed by atoms with Crippen LogP contribution in [0.1, 0.15) is 51.4 Å². The van der Waals surface area contributed by atoms with Crippen molar-refractivity contribution < 1.29 is 19.4 Å². The van der Waals surface area contributed by atoms with Crippen LogP contribution in [-0.4, -0.2) is 36.2 Å². The second-order valence-corrected chi connectivity index (χ2v) is 5.76. The molecule has 0 radical (unpaired) electrons. The molecule has 19 heavy (non-hydrogen) atoms. The first-order valence-electron chi connectivity index (χ1n) is 7.24. The summed E-state index contributed by atoms with van der Waals surface area (Å²) >= 11 is 0. The van der Waals surface area contributed by atoms with Gasteiger partial charge in [0, 0.05) is 13.2 Å². The van der Waals surface area contributed by atoms with Gasteiger partial charge in [-0.1, -0.05) is 12.8 Å². The Morgan fingerprint density at radius 2 is 1.95 bits per heavy atom. The Bertz CT molecular complexity index is 330. The third-order valence-corrected chi connectivity index (χ3v) is 4.33. The van der Waals surface area contributed by atoms with Crippen molar-refractivity contribution in [3.05, 3.63) is 0 Å². The van der Waals surface area contributed by atoms with Crippen LogP contribution < -0.4 is 5.32 Å². The molecule has 1 aliphatic carbocycles. The Hall–Kier alpha value is -1.10. The summed E-state index contributed by atoms with van der Waals surface area (Å²) in [6.45, 7) is 0.991. The monoisotopic (exact) mass is 269 g/mol. The topological polar surface area (TPSA) is 75.6 Å². The quantitative estimate of drug-likeness (QED) is 0.796. The first-order valence-corrected chi connectivity index (χ1v) is 7.24. The summed E-state index contributed by atoms with van der Waals surface area (Å²) in [7, 11) is 0. The largest absolute Gasteiger partial charge is 0.481 e. The summed E-state index contributed by atoms with van der Waals surface area (Å²) in [4.78, 5) is 23.2. The number of hydrogen-bond donors (Lipinski definition) is 2. The molecule has 5 heteroatoms. The molecular weight excluding hydrogens is 246 g/mol. The number of hydrogen-bond acceptors (Lipinski definition) is 3. The molecule has 1 amide bonds. The van der Waals surface area contributed by atoms with E-state index in [0.717, 1.165) is 38.7 Å². The Labute approximate surface area is 113 Å². The van der Waals surface area contributed by atoms with E-state index in [0.29, 0.717) is 19.3 Å². The zero-order valence-electron chi connectivity index (χ0n) is 11.3. The number of carboxylic acid groups (broad SMARTS) is 1. The van der Waals surface area contributed by atoms with Crippen molar-refractivity contribution in [2.75, 3.05) is 13.2 Å². The summed E-state index contributed by atoms with van der Waals surface area (Å²) in [5.74, 6) is -0.862. The van der Waals surface area contributed by atoms with Crippen molar-refractivity contribution in [1.29, 1.82) is 0 Å². The van der Waals surface area contributed by atoms with Crippen LogP contribution in [0.15, 0.2) is 0 Å². The molecule has 0 spiro atoms. The number of carbonyl (C=O) groups is 2. The van der Waals surface area contributed by atoms with Crippen LogP contribution >= 0.6 is 0 Å². The fourth-order valence-electron chi connectivity index (χ4n) is 3.03. The van der Waals surface area contributed by atoms with E-state index in [2.05, 4.69) is 5.32 Å². The van der Waals surface area contributed by atoms with E-state index < -0.39 is 11.4 Å². The third-order valence-electron chi connectivity index (χ3n) is 4.33. The molecule has 2 rings (SSSR count). The highest BCUT2D eigenvalue weighted by Gasteiger charge is 2.41. The molecular formula is C14H23NO4. The van der Waals surface area contributed by atoms with Gasteiger partial charge in [0.05, 0.1) is 17.9 Å². The second-order valence-electron chi connectivity index (χ2n) is 5.76. The first-order chi connectivity index (χ1) is 9.12. The van der Waals surface area contributed by atoms with Gasteiger partial charge >= 0.3 is 5.97 Å². The summed E-state index contributed by atoms with van der Waals surface area (Å²) < 4.78 is 5.52. The lowest BCUT2D eigenvalue weighted by Gasteiger charge is -2.25. The number of aliphatic carboxylic acids is 1. The average molecular weight is 269 g/mol. The number of amides is 1. The van der Waals surface area contributed by atoms with E-state index in [1.807, 2.05) is 0 Å². The lowest BCUT2D eigenvalue weighted by molar-refractivity contribution is -0.148. The van der Waals surface area contributed by atoms with Gasteiger partial charge in [-0.05, 0) is 32.1 Å². The van der Waals surface area contributed by atoms with Crippen LogP contribution in [-0.2, 0) is 14.3 Å². The normalized spacial score (nSPS) is 26.0. The molecule has 108 valence electrons. The van der Waals surface area contributed by atoms with Crippen molar-refractivity contribution >= 4 is 11.9 Å². The summed E-state index contributed by atoms with van der Waals surface area (Å²) in [6.07, 6.45) is 6.69. The highest BCUT2D eigenvalue weighted by Crippen LogP contribution is 2.37. The highest BCUT2D eigenvalue weighted by molar-refractivity contribution is 5.79. The van der Waals surface area contributed by atoms with Crippen molar-refractivity contribution in [3.63, 3.8) is 0 Å². The molecule has 2 aliphatic rings. The van der Waals surface area contributed by atoms with Crippen molar-refractivity contribution in [1.82, 2.24) is 5.32 Å². The third kappa shape index (κ3) is 3.69. The van der Waals surface area contributed by atoms with Crippen LogP contribution in [0.25, 0.3) is 0 Å². The smallest absolute Gasteiger partial charge is 0.311 e. The molecule has 2 N–H and O–H groups in total. The van der Waals surface area contributed by atoms with Crippen molar-refractivity contribution in [2.45, 2.75) is 57.5 Å². The Balaban J connectivity index is 1.77. The van der Waals surface area contributed by atoms with Crippen LogP contribution in [0.2, 0.25) is 0 Å². The van der Waals surface area contributed by atoms with Crippen LogP contribution in [0.4, 0.5) is 0 Å². The minimum Gasteiger partial charge on any atom is -0.481 e. The van der Waals surface area contributed by atoms with Gasteiger partial charge in [0.15, 0.2) is 0 Å². The molecule has 0 bridgehead atoms. The van der Waals surface area contributed by atoms with Gasteiger partial charge < -0.3 is 15.2 Å². The number of nitrogens with one attached hydrogen (secondary N) is 1. The predicted molar refractivity (Wildman–Crippen MR) is 69.8 cm³/mol. The number of rotatable bonds is 5. The minimum absolute atomic E-state index is 0.0121. The molecule has 0 aromatic rings. The second kappa shape index (κ2) is 6.37. The molecule has 1 saturated heterocycles. The van der Waals surface area contributed by atoms with Gasteiger partial charge in [0.25, 0.3) is 0 Å². The molecule has 1 unspecified atom stereocenters. The van der Waals surface area contributed by atoms with Gasteiger partial charge in [0.2, 0.25) is 5.91 Å². The maximum Gasteiger partial charge on any atom is 0.311 e. The highest BCUT2D eigenvalue weighted by atomic mass is 16.5. The standard InChI is InChI=1S/C14H23NO4/c16-12(9-11-5-1-4-8-19-11)15-10-14(13(17)18)6-2-3-7-14/h11H,1-10H2,(H,15,16)(H,17,18). The van der Waals surface area contributed by atoms with E-state index in [1.54, 1.807) is 0 Å². The fourth-order valence-corrected chi connectivity index (χ4v) is 3.03. The van der Waals surface area contributed by atoms with E-state index in [-0.39, 0.29) is 18.6 Å². The maximum atomic E-state index is 11.8.